The molecule has 21 heavy (non-hydrogen) atoms. The van der Waals surface area contributed by atoms with Gasteiger partial charge in [-0.15, -0.1) is 0 Å². The Morgan fingerprint density at radius 2 is 1.86 bits per heavy atom. The van der Waals surface area contributed by atoms with E-state index in [4.69, 9.17) is 9.84 Å². The predicted octanol–water partition coefficient (Wildman–Crippen LogP) is 2.19. The quantitative estimate of drug-likeness (QED) is 0.879. The molecular weight excluding hydrogens is 272 g/mol. The van der Waals surface area contributed by atoms with Gasteiger partial charge in [-0.1, -0.05) is 24.3 Å². The zero-order valence-electron chi connectivity index (χ0n) is 11.3. The van der Waals surface area contributed by atoms with Gasteiger partial charge in [-0.05, 0) is 31.2 Å². The van der Waals surface area contributed by atoms with Crippen LogP contribution in [0, 0.1) is 0 Å². The molecule has 6 nitrogen and oxygen atoms in total. The van der Waals surface area contributed by atoms with Crippen LogP contribution in [0.1, 0.15) is 17.4 Å². The zero-order chi connectivity index (χ0) is 15.2. The smallest absolute Gasteiger partial charge is 0.354 e. The number of para-hydroxylation sites is 1. The van der Waals surface area contributed by atoms with E-state index in [1.807, 2.05) is 6.07 Å². The number of carbonyl (C=O) groups is 2. The molecule has 0 spiro atoms. The van der Waals surface area contributed by atoms with Gasteiger partial charge >= 0.3 is 5.97 Å². The molecule has 0 aliphatic rings. The monoisotopic (exact) mass is 286 g/mol. The fourth-order valence-electron chi connectivity index (χ4n) is 1.61. The second kappa shape index (κ2) is 6.51. The first kappa shape index (κ1) is 14.5. The number of rotatable bonds is 5. The van der Waals surface area contributed by atoms with E-state index in [0.717, 1.165) is 0 Å². The number of anilines is 1. The van der Waals surface area contributed by atoms with Crippen molar-refractivity contribution in [3.8, 4) is 5.75 Å². The van der Waals surface area contributed by atoms with Crippen LogP contribution < -0.4 is 10.1 Å². The highest BCUT2D eigenvalue weighted by Gasteiger charge is 2.16. The molecule has 2 aromatic rings. The van der Waals surface area contributed by atoms with Crippen LogP contribution in [0.5, 0.6) is 5.75 Å². The maximum absolute atomic E-state index is 12.0. The average molecular weight is 286 g/mol. The lowest BCUT2D eigenvalue weighted by atomic mass is 10.3. The number of benzene rings is 1. The van der Waals surface area contributed by atoms with Gasteiger partial charge in [-0.2, -0.15) is 0 Å². The summed E-state index contributed by atoms with van der Waals surface area (Å²) in [5.74, 6) is -0.815. The molecule has 1 unspecified atom stereocenters. The Bertz CT molecular complexity index is 643. The molecule has 1 aromatic carbocycles. The van der Waals surface area contributed by atoms with Gasteiger partial charge in [0.1, 0.15) is 11.6 Å². The van der Waals surface area contributed by atoms with E-state index in [1.165, 1.54) is 18.2 Å². The van der Waals surface area contributed by atoms with Crippen molar-refractivity contribution in [1.29, 1.82) is 0 Å². The number of hydrogen-bond donors (Lipinski definition) is 2. The van der Waals surface area contributed by atoms with Gasteiger partial charge < -0.3 is 15.2 Å². The van der Waals surface area contributed by atoms with E-state index in [2.05, 4.69) is 10.3 Å². The predicted molar refractivity (Wildman–Crippen MR) is 76.4 cm³/mol. The molecule has 1 heterocycles. The number of pyridine rings is 1. The molecule has 0 fully saturated rings. The Kier molecular flexibility index (Phi) is 4.50. The second-order valence-electron chi connectivity index (χ2n) is 4.28. The topological polar surface area (TPSA) is 88.5 Å². The van der Waals surface area contributed by atoms with Crippen molar-refractivity contribution in [3.63, 3.8) is 0 Å². The lowest BCUT2D eigenvalue weighted by Gasteiger charge is -2.14. The van der Waals surface area contributed by atoms with E-state index in [1.54, 1.807) is 31.2 Å². The van der Waals surface area contributed by atoms with E-state index < -0.39 is 18.0 Å². The van der Waals surface area contributed by atoms with Gasteiger partial charge in [-0.25, -0.2) is 9.78 Å². The van der Waals surface area contributed by atoms with Crippen LogP contribution in [0.15, 0.2) is 48.5 Å². The number of carbonyl (C=O) groups excluding carboxylic acids is 1. The first-order chi connectivity index (χ1) is 10.1. The number of aromatic carboxylic acids is 1. The molecule has 0 aliphatic carbocycles. The molecule has 2 N–H and O–H groups in total. The van der Waals surface area contributed by atoms with Crippen molar-refractivity contribution in [2.45, 2.75) is 13.0 Å². The Balaban J connectivity index is 2.00. The number of carboxylic acids is 1. The summed E-state index contributed by atoms with van der Waals surface area (Å²) in [6.45, 7) is 1.60. The van der Waals surface area contributed by atoms with Gasteiger partial charge in [0.15, 0.2) is 11.8 Å². The molecule has 0 radical (unpaired) electrons. The molecule has 0 bridgehead atoms. The average Bonchev–Trinajstić information content (AvgIpc) is 2.48. The molecule has 0 saturated carbocycles. The van der Waals surface area contributed by atoms with E-state index in [9.17, 15) is 9.59 Å². The maximum atomic E-state index is 12.0. The van der Waals surface area contributed by atoms with Crippen molar-refractivity contribution in [3.05, 3.63) is 54.2 Å². The minimum atomic E-state index is -1.15. The summed E-state index contributed by atoms with van der Waals surface area (Å²) in [5, 5.41) is 11.4. The molecule has 1 atom stereocenters. The van der Waals surface area contributed by atoms with Crippen LogP contribution in [-0.2, 0) is 4.79 Å². The van der Waals surface area contributed by atoms with E-state index in [0.29, 0.717) is 5.75 Å². The van der Waals surface area contributed by atoms with Crippen molar-refractivity contribution in [2.75, 3.05) is 5.32 Å². The second-order valence-corrected chi connectivity index (χ2v) is 4.28. The summed E-state index contributed by atoms with van der Waals surface area (Å²) in [4.78, 5) is 26.6. The lowest BCUT2D eigenvalue weighted by molar-refractivity contribution is -0.122. The van der Waals surface area contributed by atoms with Crippen molar-refractivity contribution < 1.29 is 19.4 Å². The van der Waals surface area contributed by atoms with Crippen LogP contribution in [0.3, 0.4) is 0 Å². The number of carboxylic acid groups (broad SMARTS) is 1. The Hall–Kier alpha value is -2.89. The number of aromatic nitrogens is 1. The highest BCUT2D eigenvalue weighted by molar-refractivity contribution is 5.94. The highest BCUT2D eigenvalue weighted by Crippen LogP contribution is 2.12. The Morgan fingerprint density at radius 3 is 2.52 bits per heavy atom. The molecule has 108 valence electrons. The Morgan fingerprint density at radius 1 is 1.14 bits per heavy atom. The standard InChI is InChI=1S/C15H14N2O4/c1-10(21-11-6-3-2-4-7-11)14(18)17-13-9-5-8-12(16-13)15(19)20/h2-10H,1H3,(H,19,20)(H,16,17,18). The maximum Gasteiger partial charge on any atom is 0.354 e. The molecule has 0 aliphatic heterocycles. The Labute approximate surface area is 121 Å². The number of nitrogens with one attached hydrogen (secondary N) is 1. The van der Waals surface area contributed by atoms with Crippen molar-refractivity contribution in [1.82, 2.24) is 4.98 Å². The molecule has 2 rings (SSSR count). The van der Waals surface area contributed by atoms with Gasteiger partial charge in [0, 0.05) is 0 Å². The van der Waals surface area contributed by atoms with Gasteiger partial charge in [-0.3, -0.25) is 4.79 Å². The molecule has 0 saturated heterocycles. The molecule has 1 amide bonds. The highest BCUT2D eigenvalue weighted by atomic mass is 16.5. The molecule has 1 aromatic heterocycles. The van der Waals surface area contributed by atoms with Gasteiger partial charge in [0.2, 0.25) is 0 Å². The van der Waals surface area contributed by atoms with Crippen LogP contribution >= 0.6 is 0 Å². The molecule has 6 heteroatoms. The van der Waals surface area contributed by atoms with E-state index in [-0.39, 0.29) is 11.5 Å². The third-order valence-corrected chi connectivity index (χ3v) is 2.64. The minimum absolute atomic E-state index is 0.135. The summed E-state index contributed by atoms with van der Waals surface area (Å²) in [7, 11) is 0. The van der Waals surface area contributed by atoms with Gasteiger partial charge in [0.05, 0.1) is 0 Å². The summed E-state index contributed by atoms with van der Waals surface area (Å²) in [6.07, 6.45) is -0.734. The summed E-state index contributed by atoms with van der Waals surface area (Å²) < 4.78 is 5.47. The zero-order valence-corrected chi connectivity index (χ0v) is 11.3. The first-order valence-electron chi connectivity index (χ1n) is 6.29. The lowest BCUT2D eigenvalue weighted by Crippen LogP contribution is -2.30. The third kappa shape index (κ3) is 4.04. The van der Waals surface area contributed by atoms with Crippen molar-refractivity contribution in [2.24, 2.45) is 0 Å². The summed E-state index contributed by atoms with van der Waals surface area (Å²) in [5.41, 5.74) is -0.135. The number of ether oxygens (including phenoxy) is 1. The number of hydrogen-bond acceptors (Lipinski definition) is 4. The normalized spacial score (nSPS) is 11.5. The molecular formula is C15H14N2O4. The van der Waals surface area contributed by atoms with E-state index >= 15 is 0 Å². The van der Waals surface area contributed by atoms with Crippen molar-refractivity contribution >= 4 is 17.7 Å². The van der Waals surface area contributed by atoms with Crippen LogP contribution in [0.2, 0.25) is 0 Å². The largest absolute Gasteiger partial charge is 0.481 e. The van der Waals surface area contributed by atoms with Gasteiger partial charge in [0.25, 0.3) is 5.91 Å². The minimum Gasteiger partial charge on any atom is -0.481 e. The first-order valence-corrected chi connectivity index (χ1v) is 6.29. The summed E-state index contributed by atoms with van der Waals surface area (Å²) in [6, 6.07) is 13.3. The fourth-order valence-corrected chi connectivity index (χ4v) is 1.61. The fraction of sp³-hybridized carbons (Fsp3) is 0.133. The summed E-state index contributed by atoms with van der Waals surface area (Å²) >= 11 is 0. The SMILES string of the molecule is CC(Oc1ccccc1)C(=O)Nc1cccc(C(=O)O)n1. The third-order valence-electron chi connectivity index (χ3n) is 2.64. The van der Waals surface area contributed by atoms with Crippen LogP contribution in [0.4, 0.5) is 5.82 Å². The number of nitrogens with zero attached hydrogens (tertiary/aromatic N) is 1. The van der Waals surface area contributed by atoms with Crippen LogP contribution in [-0.4, -0.2) is 28.1 Å². The van der Waals surface area contributed by atoms with Crippen LogP contribution in [0.25, 0.3) is 0 Å². The number of amides is 1.